The number of ether oxygens (including phenoxy) is 1. The number of halogens is 6. The number of hydrogen-bond donors (Lipinski definition) is 0. The standard InChI is InChI=1S/C27H24F6O/c1-2-3-4-16-13-23(28)25(24(29)14-16)19-8-12-22-18(15-19)7-11-21(26(22)30)17-5-9-20(10-6-17)34-27(31,32)33/h5-7,9-11,13-14,19H,2-4,8,12,15H2,1H3. The first-order valence-corrected chi connectivity index (χ1v) is 11.3. The monoisotopic (exact) mass is 478 g/mol. The van der Waals surface area contributed by atoms with Gasteiger partial charge in [-0.25, -0.2) is 13.2 Å². The minimum atomic E-state index is -4.80. The van der Waals surface area contributed by atoms with Crippen molar-refractivity contribution in [2.24, 2.45) is 0 Å². The van der Waals surface area contributed by atoms with Crippen LogP contribution in [0.5, 0.6) is 5.75 Å². The highest BCUT2D eigenvalue weighted by Gasteiger charge is 2.31. The Hall–Kier alpha value is -2.96. The Kier molecular flexibility index (Phi) is 6.91. The van der Waals surface area contributed by atoms with Gasteiger partial charge in [-0.05, 0) is 84.5 Å². The van der Waals surface area contributed by atoms with Gasteiger partial charge < -0.3 is 4.74 Å². The lowest BCUT2D eigenvalue weighted by Crippen LogP contribution is -2.17. The van der Waals surface area contributed by atoms with Gasteiger partial charge in [-0.2, -0.15) is 0 Å². The average Bonchev–Trinajstić information content (AvgIpc) is 2.77. The third kappa shape index (κ3) is 5.24. The molecule has 1 aliphatic carbocycles. The summed E-state index contributed by atoms with van der Waals surface area (Å²) in [5.41, 5.74) is 2.52. The van der Waals surface area contributed by atoms with Crippen LogP contribution < -0.4 is 4.74 Å². The molecular formula is C27H24F6O. The van der Waals surface area contributed by atoms with Gasteiger partial charge in [-0.15, -0.1) is 13.2 Å². The van der Waals surface area contributed by atoms with E-state index in [0.717, 1.165) is 25.0 Å². The lowest BCUT2D eigenvalue weighted by molar-refractivity contribution is -0.274. The molecule has 0 saturated carbocycles. The fourth-order valence-electron chi connectivity index (χ4n) is 4.67. The van der Waals surface area contributed by atoms with Gasteiger partial charge in [0.2, 0.25) is 0 Å². The third-order valence-electron chi connectivity index (χ3n) is 6.31. The molecule has 0 heterocycles. The summed E-state index contributed by atoms with van der Waals surface area (Å²) in [4.78, 5) is 0. The predicted molar refractivity (Wildman–Crippen MR) is 118 cm³/mol. The van der Waals surface area contributed by atoms with Crippen molar-refractivity contribution in [1.82, 2.24) is 0 Å². The number of rotatable bonds is 6. The molecule has 0 spiro atoms. The summed E-state index contributed by atoms with van der Waals surface area (Å²) in [6.45, 7) is 2.02. The van der Waals surface area contributed by atoms with Crippen molar-refractivity contribution in [3.8, 4) is 16.9 Å². The number of benzene rings is 3. The molecule has 0 saturated heterocycles. The van der Waals surface area contributed by atoms with Gasteiger partial charge in [0.15, 0.2) is 0 Å². The van der Waals surface area contributed by atoms with Crippen LogP contribution in [0.3, 0.4) is 0 Å². The van der Waals surface area contributed by atoms with E-state index in [2.05, 4.69) is 4.74 Å². The summed E-state index contributed by atoms with van der Waals surface area (Å²) in [6.07, 6.45) is -1.37. The summed E-state index contributed by atoms with van der Waals surface area (Å²) in [7, 11) is 0. The first kappa shape index (κ1) is 24.2. The van der Waals surface area contributed by atoms with E-state index in [9.17, 15) is 22.0 Å². The molecule has 1 unspecified atom stereocenters. The van der Waals surface area contributed by atoms with Crippen LogP contribution in [0.4, 0.5) is 26.3 Å². The molecule has 0 bridgehead atoms. The average molecular weight is 478 g/mol. The Morgan fingerprint density at radius 3 is 2.24 bits per heavy atom. The van der Waals surface area contributed by atoms with Crippen molar-refractivity contribution in [2.45, 2.75) is 57.7 Å². The topological polar surface area (TPSA) is 9.23 Å². The first-order valence-electron chi connectivity index (χ1n) is 11.3. The van der Waals surface area contributed by atoms with Gasteiger partial charge in [0, 0.05) is 11.1 Å². The van der Waals surface area contributed by atoms with Crippen molar-refractivity contribution in [2.75, 3.05) is 0 Å². The minimum absolute atomic E-state index is 0.0515. The van der Waals surface area contributed by atoms with Gasteiger partial charge in [-0.3, -0.25) is 0 Å². The van der Waals surface area contributed by atoms with Gasteiger partial charge in [0.05, 0.1) is 0 Å². The molecule has 0 aliphatic heterocycles. The van der Waals surface area contributed by atoms with Crippen LogP contribution in [0.1, 0.15) is 54.4 Å². The molecule has 0 N–H and O–H groups in total. The number of fused-ring (bicyclic) bond motifs is 1. The second-order valence-electron chi connectivity index (χ2n) is 8.65. The highest BCUT2D eigenvalue weighted by Crippen LogP contribution is 2.39. The molecule has 4 rings (SSSR count). The Bertz CT molecular complexity index is 1140. The molecule has 0 fully saturated rings. The molecule has 1 aliphatic rings. The molecule has 0 amide bonds. The molecule has 34 heavy (non-hydrogen) atoms. The zero-order valence-corrected chi connectivity index (χ0v) is 18.6. The summed E-state index contributed by atoms with van der Waals surface area (Å²) >= 11 is 0. The second-order valence-corrected chi connectivity index (χ2v) is 8.65. The highest BCUT2D eigenvalue weighted by molar-refractivity contribution is 5.67. The molecule has 1 atom stereocenters. The molecular weight excluding hydrogens is 454 g/mol. The lowest BCUT2D eigenvalue weighted by Gasteiger charge is -2.27. The summed E-state index contributed by atoms with van der Waals surface area (Å²) in [6, 6.07) is 11.1. The van der Waals surface area contributed by atoms with E-state index in [0.29, 0.717) is 47.9 Å². The quantitative estimate of drug-likeness (QED) is 0.324. The van der Waals surface area contributed by atoms with Crippen LogP contribution in [0.25, 0.3) is 11.1 Å². The van der Waals surface area contributed by atoms with Crippen molar-refractivity contribution in [1.29, 1.82) is 0 Å². The second kappa shape index (κ2) is 9.72. The Morgan fingerprint density at radius 1 is 0.941 bits per heavy atom. The van der Waals surface area contributed by atoms with Crippen molar-refractivity contribution in [3.63, 3.8) is 0 Å². The van der Waals surface area contributed by atoms with Crippen LogP contribution in [0.15, 0.2) is 48.5 Å². The molecule has 7 heteroatoms. The van der Waals surface area contributed by atoms with Crippen LogP contribution in [0.2, 0.25) is 0 Å². The number of unbranched alkanes of at least 4 members (excludes halogenated alkanes) is 1. The van der Waals surface area contributed by atoms with Crippen molar-refractivity contribution >= 4 is 0 Å². The first-order chi connectivity index (χ1) is 16.2. The largest absolute Gasteiger partial charge is 0.573 e. The zero-order chi connectivity index (χ0) is 24.5. The van der Waals surface area contributed by atoms with E-state index in [4.69, 9.17) is 0 Å². The fourth-order valence-corrected chi connectivity index (χ4v) is 4.67. The summed E-state index contributed by atoms with van der Waals surface area (Å²) < 4.78 is 85.9. The Morgan fingerprint density at radius 2 is 1.62 bits per heavy atom. The minimum Gasteiger partial charge on any atom is -0.406 e. The van der Waals surface area contributed by atoms with Gasteiger partial charge in [-0.1, -0.05) is 37.6 Å². The van der Waals surface area contributed by atoms with E-state index in [1.165, 1.54) is 24.3 Å². The van der Waals surface area contributed by atoms with Crippen LogP contribution in [-0.2, 0) is 19.3 Å². The number of aryl methyl sites for hydroxylation is 1. The smallest absolute Gasteiger partial charge is 0.406 e. The van der Waals surface area contributed by atoms with E-state index in [1.54, 1.807) is 12.1 Å². The molecule has 3 aromatic rings. The SMILES string of the molecule is CCCCc1cc(F)c(C2CCc3c(ccc(-c4ccc(OC(F)(F)F)cc4)c3F)C2)c(F)c1. The Balaban J connectivity index is 1.56. The van der Waals surface area contributed by atoms with Gasteiger partial charge in [0.25, 0.3) is 0 Å². The lowest BCUT2D eigenvalue weighted by atomic mass is 9.78. The van der Waals surface area contributed by atoms with E-state index >= 15 is 4.39 Å². The Labute approximate surface area is 194 Å². The normalized spacial score (nSPS) is 15.8. The maximum Gasteiger partial charge on any atom is 0.573 e. The van der Waals surface area contributed by atoms with Gasteiger partial charge >= 0.3 is 6.36 Å². The highest BCUT2D eigenvalue weighted by atomic mass is 19.4. The van der Waals surface area contributed by atoms with Crippen molar-refractivity contribution < 1.29 is 31.1 Å². The van der Waals surface area contributed by atoms with Crippen LogP contribution >= 0.6 is 0 Å². The summed E-state index contributed by atoms with van der Waals surface area (Å²) in [5, 5.41) is 0. The van der Waals surface area contributed by atoms with Crippen LogP contribution in [-0.4, -0.2) is 6.36 Å². The molecule has 0 radical (unpaired) electrons. The number of alkyl halides is 3. The molecule has 1 nitrogen and oxygen atoms in total. The molecule has 180 valence electrons. The third-order valence-corrected chi connectivity index (χ3v) is 6.31. The zero-order valence-electron chi connectivity index (χ0n) is 18.6. The van der Waals surface area contributed by atoms with Crippen molar-refractivity contribution in [3.05, 3.63) is 88.2 Å². The predicted octanol–water partition coefficient (Wildman–Crippen LogP) is 8.28. The maximum atomic E-state index is 15.3. The van der Waals surface area contributed by atoms with E-state index < -0.39 is 29.7 Å². The van der Waals surface area contributed by atoms with E-state index in [-0.39, 0.29) is 16.9 Å². The van der Waals surface area contributed by atoms with Crippen LogP contribution in [0, 0.1) is 17.5 Å². The van der Waals surface area contributed by atoms with Gasteiger partial charge in [0.1, 0.15) is 23.2 Å². The maximum absolute atomic E-state index is 15.3. The molecule has 0 aromatic heterocycles. The summed E-state index contributed by atoms with van der Waals surface area (Å²) in [5.74, 6) is -2.36. The number of hydrogen-bond acceptors (Lipinski definition) is 1. The molecule has 3 aromatic carbocycles. The van der Waals surface area contributed by atoms with E-state index in [1.807, 2.05) is 6.92 Å². The fraction of sp³-hybridized carbons (Fsp3) is 0.333.